The second-order valence-corrected chi connectivity index (χ2v) is 4.76. The number of nitrogen functional groups attached to an aromatic ring is 1. The molecule has 19 heavy (non-hydrogen) atoms. The maximum Gasteiger partial charge on any atom is 0.343 e. The Labute approximate surface area is 111 Å². The van der Waals surface area contributed by atoms with E-state index in [0.717, 1.165) is 11.8 Å². The summed E-state index contributed by atoms with van der Waals surface area (Å²) in [5.74, 6) is 0. The van der Waals surface area contributed by atoms with E-state index in [1.54, 1.807) is 6.92 Å². The maximum absolute atomic E-state index is 12.9. The van der Waals surface area contributed by atoms with Crippen LogP contribution in [0.15, 0.2) is 33.0 Å². The van der Waals surface area contributed by atoms with Crippen LogP contribution < -0.4 is 11.4 Å². The molecule has 1 aromatic heterocycles. The van der Waals surface area contributed by atoms with Crippen molar-refractivity contribution < 1.29 is 8.78 Å². The third kappa shape index (κ3) is 2.78. The highest BCUT2D eigenvalue weighted by atomic mass is 32.2. The third-order valence-corrected chi connectivity index (χ3v) is 3.60. The molecule has 0 bridgehead atoms. The number of aromatic amines is 1. The molecule has 3 N–H and O–H groups in total. The normalized spacial score (nSPS) is 11.2. The minimum Gasteiger partial charge on any atom is -0.399 e. The van der Waals surface area contributed by atoms with E-state index in [1.165, 1.54) is 22.8 Å². The minimum absolute atomic E-state index is 0.164. The Balaban J connectivity index is 2.40. The molecule has 2 aromatic rings. The van der Waals surface area contributed by atoms with Gasteiger partial charge in [-0.15, -0.1) is 5.10 Å². The molecule has 0 aliphatic rings. The lowest BCUT2D eigenvalue weighted by Crippen LogP contribution is -2.16. The van der Waals surface area contributed by atoms with Crippen molar-refractivity contribution in [2.45, 2.75) is 29.9 Å². The Morgan fingerprint density at radius 2 is 2.26 bits per heavy atom. The van der Waals surface area contributed by atoms with Crippen LogP contribution >= 0.6 is 11.8 Å². The van der Waals surface area contributed by atoms with E-state index in [2.05, 4.69) is 10.2 Å². The fraction of sp³-hybridized carbons (Fsp3) is 0.273. The zero-order chi connectivity index (χ0) is 14.0. The number of benzene rings is 1. The summed E-state index contributed by atoms with van der Waals surface area (Å²) in [4.78, 5) is 11.7. The van der Waals surface area contributed by atoms with Gasteiger partial charge >= 0.3 is 5.69 Å². The topological polar surface area (TPSA) is 76.7 Å². The van der Waals surface area contributed by atoms with Crippen molar-refractivity contribution in [1.29, 1.82) is 0 Å². The number of hydrogen-bond acceptors (Lipinski definition) is 4. The van der Waals surface area contributed by atoms with Gasteiger partial charge in [0.2, 0.25) is 0 Å². The lowest BCUT2D eigenvalue weighted by molar-refractivity contribution is 0.148. The van der Waals surface area contributed by atoms with Gasteiger partial charge in [0.25, 0.3) is 6.43 Å². The molecule has 5 nitrogen and oxygen atoms in total. The first-order chi connectivity index (χ1) is 9.02. The highest BCUT2D eigenvalue weighted by Crippen LogP contribution is 2.35. The molecule has 1 heterocycles. The Kier molecular flexibility index (Phi) is 3.89. The van der Waals surface area contributed by atoms with Crippen molar-refractivity contribution >= 4 is 17.4 Å². The van der Waals surface area contributed by atoms with Gasteiger partial charge < -0.3 is 5.73 Å². The Morgan fingerprint density at radius 3 is 2.89 bits per heavy atom. The summed E-state index contributed by atoms with van der Waals surface area (Å²) in [5, 5.41) is 6.46. The Hall–Kier alpha value is -1.83. The van der Waals surface area contributed by atoms with Crippen molar-refractivity contribution in [3.63, 3.8) is 0 Å². The monoisotopic (exact) mass is 286 g/mol. The van der Waals surface area contributed by atoms with Crippen molar-refractivity contribution in [2.24, 2.45) is 0 Å². The van der Waals surface area contributed by atoms with Crippen molar-refractivity contribution in [1.82, 2.24) is 14.8 Å². The molecule has 0 unspecified atom stereocenters. The fourth-order valence-electron chi connectivity index (χ4n) is 1.59. The quantitative estimate of drug-likeness (QED) is 0.845. The number of aromatic nitrogens is 3. The number of alkyl halides is 2. The SMILES string of the molecule is CCn1c(Sc2ccc(N)cc2C(F)F)n[nH]c1=O. The van der Waals surface area contributed by atoms with E-state index in [9.17, 15) is 13.6 Å². The van der Waals surface area contributed by atoms with Crippen LogP contribution in [0.1, 0.15) is 18.9 Å². The van der Waals surface area contributed by atoms with E-state index in [0.29, 0.717) is 16.6 Å². The molecular formula is C11H12F2N4OS. The summed E-state index contributed by atoms with van der Waals surface area (Å²) in [7, 11) is 0. The summed E-state index contributed by atoms with van der Waals surface area (Å²) in [5.41, 5.74) is 5.25. The first-order valence-corrected chi connectivity index (χ1v) is 6.35. The van der Waals surface area contributed by atoms with Gasteiger partial charge in [0.1, 0.15) is 0 Å². The molecule has 8 heteroatoms. The van der Waals surface area contributed by atoms with E-state index in [4.69, 9.17) is 5.73 Å². The van der Waals surface area contributed by atoms with Gasteiger partial charge in [-0.1, -0.05) is 0 Å². The second kappa shape index (κ2) is 5.43. The number of halogens is 2. The van der Waals surface area contributed by atoms with Crippen LogP contribution in [-0.4, -0.2) is 14.8 Å². The number of nitrogens with one attached hydrogen (secondary N) is 1. The van der Waals surface area contributed by atoms with Crippen LogP contribution in [0.2, 0.25) is 0 Å². The van der Waals surface area contributed by atoms with Crippen LogP contribution in [0.25, 0.3) is 0 Å². The zero-order valence-electron chi connectivity index (χ0n) is 10.1. The minimum atomic E-state index is -2.63. The highest BCUT2D eigenvalue weighted by Gasteiger charge is 2.17. The molecule has 1 aromatic carbocycles. The van der Waals surface area contributed by atoms with Crippen LogP contribution in [-0.2, 0) is 6.54 Å². The average molecular weight is 286 g/mol. The summed E-state index contributed by atoms with van der Waals surface area (Å²) >= 11 is 1.01. The molecule has 0 atom stereocenters. The lowest BCUT2D eigenvalue weighted by atomic mass is 10.2. The molecule has 0 amide bonds. The highest BCUT2D eigenvalue weighted by molar-refractivity contribution is 7.99. The largest absolute Gasteiger partial charge is 0.399 e. The van der Waals surface area contributed by atoms with Gasteiger partial charge in [0, 0.05) is 22.7 Å². The Bertz CT molecular complexity index is 638. The van der Waals surface area contributed by atoms with Crippen molar-refractivity contribution in [3.8, 4) is 0 Å². The summed E-state index contributed by atoms with van der Waals surface area (Å²) in [6, 6.07) is 4.27. The van der Waals surface area contributed by atoms with Gasteiger partial charge in [0.15, 0.2) is 5.16 Å². The number of anilines is 1. The molecule has 0 fully saturated rings. The number of rotatable bonds is 4. The predicted molar refractivity (Wildman–Crippen MR) is 68.5 cm³/mol. The molecule has 0 saturated carbocycles. The fourth-order valence-corrected chi connectivity index (χ4v) is 2.60. The number of nitrogens with two attached hydrogens (primary N) is 1. The van der Waals surface area contributed by atoms with Crippen LogP contribution in [0.5, 0.6) is 0 Å². The average Bonchev–Trinajstić information content (AvgIpc) is 2.71. The first-order valence-electron chi connectivity index (χ1n) is 5.53. The molecule has 0 aliphatic carbocycles. The van der Waals surface area contributed by atoms with E-state index in [1.807, 2.05) is 0 Å². The van der Waals surface area contributed by atoms with Gasteiger partial charge in [-0.25, -0.2) is 18.7 Å². The summed E-state index contributed by atoms with van der Waals surface area (Å²) < 4.78 is 27.2. The van der Waals surface area contributed by atoms with Crippen LogP contribution in [0, 0.1) is 0 Å². The van der Waals surface area contributed by atoms with Gasteiger partial charge in [-0.2, -0.15) is 0 Å². The molecule has 0 radical (unpaired) electrons. The molecule has 0 spiro atoms. The first kappa shape index (κ1) is 13.6. The molecule has 102 valence electrons. The van der Waals surface area contributed by atoms with Crippen LogP contribution in [0.4, 0.5) is 14.5 Å². The Morgan fingerprint density at radius 1 is 1.53 bits per heavy atom. The van der Waals surface area contributed by atoms with E-state index in [-0.39, 0.29) is 16.9 Å². The predicted octanol–water partition coefficient (Wildman–Crippen LogP) is 2.26. The van der Waals surface area contributed by atoms with Crippen LogP contribution in [0.3, 0.4) is 0 Å². The van der Waals surface area contributed by atoms with E-state index < -0.39 is 6.43 Å². The smallest absolute Gasteiger partial charge is 0.343 e. The third-order valence-electron chi connectivity index (χ3n) is 2.51. The number of H-pyrrole nitrogens is 1. The number of nitrogens with zero attached hydrogens (tertiary/aromatic N) is 2. The lowest BCUT2D eigenvalue weighted by Gasteiger charge is -2.09. The standard InChI is InChI=1S/C11H12F2N4OS/c1-2-17-10(18)15-16-11(17)19-8-4-3-6(14)5-7(8)9(12)13/h3-5,9H,2,14H2,1H3,(H,15,18). The molecule has 0 aliphatic heterocycles. The summed E-state index contributed by atoms with van der Waals surface area (Å²) in [6.45, 7) is 2.19. The van der Waals surface area contributed by atoms with Gasteiger partial charge in [0.05, 0.1) is 0 Å². The van der Waals surface area contributed by atoms with E-state index >= 15 is 0 Å². The van der Waals surface area contributed by atoms with Crippen molar-refractivity contribution in [2.75, 3.05) is 5.73 Å². The molecular weight excluding hydrogens is 274 g/mol. The van der Waals surface area contributed by atoms with Crippen molar-refractivity contribution in [3.05, 3.63) is 34.2 Å². The zero-order valence-corrected chi connectivity index (χ0v) is 10.9. The maximum atomic E-state index is 12.9. The molecule has 0 saturated heterocycles. The summed E-state index contributed by atoms with van der Waals surface area (Å²) in [6.07, 6.45) is -2.63. The number of hydrogen-bond donors (Lipinski definition) is 2. The molecule has 2 rings (SSSR count). The second-order valence-electron chi connectivity index (χ2n) is 3.76. The van der Waals surface area contributed by atoms with Gasteiger partial charge in [-0.3, -0.25) is 4.57 Å². The van der Waals surface area contributed by atoms with Gasteiger partial charge in [-0.05, 0) is 36.9 Å².